The van der Waals surface area contributed by atoms with Gasteiger partial charge in [0.15, 0.2) is 17.5 Å². The summed E-state index contributed by atoms with van der Waals surface area (Å²) in [6.45, 7) is -0.103. The fraction of sp³-hybridized carbons (Fsp3) is 0. The Morgan fingerprint density at radius 3 is 1.12 bits per heavy atom. The van der Waals surface area contributed by atoms with Crippen molar-refractivity contribution in [2.45, 2.75) is 0 Å². The van der Waals surface area contributed by atoms with E-state index in [4.69, 9.17) is 15.0 Å². The van der Waals surface area contributed by atoms with E-state index in [1.807, 2.05) is 36.4 Å². The van der Waals surface area contributed by atoms with Crippen molar-refractivity contribution in [3.63, 3.8) is 0 Å². The van der Waals surface area contributed by atoms with E-state index in [0.29, 0.717) is 17.5 Å². The first-order valence-corrected chi connectivity index (χ1v) is 22.9. The van der Waals surface area contributed by atoms with Gasteiger partial charge in [0.2, 0.25) is 0 Å². The molecule has 0 spiro atoms. The average molecular weight is 852 g/mol. The van der Waals surface area contributed by atoms with Crippen molar-refractivity contribution in [3.8, 4) is 34.2 Å². The largest absolute Gasteiger partial charge is 0.311 e. The third kappa shape index (κ3) is 5.79. The molecule has 14 rings (SSSR count). The second-order valence-electron chi connectivity index (χ2n) is 17.5. The van der Waals surface area contributed by atoms with Crippen molar-refractivity contribution >= 4 is 100 Å². The van der Waals surface area contributed by atoms with Crippen molar-refractivity contribution in [2.24, 2.45) is 0 Å². The first-order chi connectivity index (χ1) is 33.2. The maximum atomic E-state index is 5.35. The standard InChI is InChI=1S/C61H38BN5/c1-5-19-41(20-6-1)59-63-60(42-21-7-2-8-22-42)65-61(64-59)43-37-54-56-55(38-43)67(45-25-11-4-12-26-45)58-51-32-30-40-18-14-16-28-47(40)49(51)34-36-53(58)62(56)52-35-33-48-46-27-15-13-17-39(46)29-31-50(48)57(52)66(54)44-23-9-3-10-24-44/h1-38H. The minimum Gasteiger partial charge on any atom is -0.311 e. The molecule has 11 aromatic carbocycles. The molecule has 5 nitrogen and oxygen atoms in total. The highest BCUT2D eigenvalue weighted by atomic mass is 15.2. The fourth-order valence-electron chi connectivity index (χ4n) is 10.9. The lowest BCUT2D eigenvalue weighted by molar-refractivity contribution is 1.07. The fourth-order valence-corrected chi connectivity index (χ4v) is 10.9. The van der Waals surface area contributed by atoms with Crippen LogP contribution in [0.2, 0.25) is 0 Å². The molecule has 0 unspecified atom stereocenters. The quantitative estimate of drug-likeness (QED) is 0.127. The first-order valence-electron chi connectivity index (χ1n) is 22.9. The Balaban J connectivity index is 1.15. The van der Waals surface area contributed by atoms with E-state index in [9.17, 15) is 0 Å². The topological polar surface area (TPSA) is 45.2 Å². The lowest BCUT2D eigenvalue weighted by Crippen LogP contribution is -2.61. The zero-order valence-electron chi connectivity index (χ0n) is 36.3. The van der Waals surface area contributed by atoms with Crippen molar-refractivity contribution in [1.29, 1.82) is 0 Å². The summed E-state index contributed by atoms with van der Waals surface area (Å²) in [6, 6.07) is 83.1. The lowest BCUT2D eigenvalue weighted by atomic mass is 9.33. The molecular formula is C61H38BN5. The van der Waals surface area contributed by atoms with Gasteiger partial charge in [0.05, 0.1) is 0 Å². The summed E-state index contributed by atoms with van der Waals surface area (Å²) in [4.78, 5) is 20.8. The monoisotopic (exact) mass is 851 g/mol. The number of anilines is 6. The van der Waals surface area contributed by atoms with Crippen molar-refractivity contribution < 1.29 is 0 Å². The van der Waals surface area contributed by atoms with Gasteiger partial charge in [-0.1, -0.05) is 194 Å². The molecule has 2 aliphatic heterocycles. The van der Waals surface area contributed by atoms with Crippen LogP contribution in [0.5, 0.6) is 0 Å². The van der Waals surface area contributed by atoms with Gasteiger partial charge in [-0.15, -0.1) is 0 Å². The van der Waals surface area contributed by atoms with Crippen LogP contribution in [-0.2, 0) is 0 Å². The van der Waals surface area contributed by atoms with Crippen molar-refractivity contribution in [1.82, 2.24) is 15.0 Å². The molecule has 1 aromatic heterocycles. The molecule has 67 heavy (non-hydrogen) atoms. The molecule has 0 saturated heterocycles. The van der Waals surface area contributed by atoms with Gasteiger partial charge in [0, 0.05) is 61.6 Å². The van der Waals surface area contributed by atoms with E-state index in [1.54, 1.807) is 0 Å². The average Bonchev–Trinajstić information content (AvgIpc) is 3.41. The van der Waals surface area contributed by atoms with Gasteiger partial charge in [-0.05, 0) is 85.1 Å². The van der Waals surface area contributed by atoms with E-state index in [-0.39, 0.29) is 6.71 Å². The van der Waals surface area contributed by atoms with Crippen LogP contribution in [0.3, 0.4) is 0 Å². The van der Waals surface area contributed by atoms with E-state index in [1.165, 1.54) is 70.9 Å². The van der Waals surface area contributed by atoms with Gasteiger partial charge in [0.1, 0.15) is 0 Å². The maximum absolute atomic E-state index is 5.35. The lowest BCUT2D eigenvalue weighted by Gasteiger charge is -2.45. The van der Waals surface area contributed by atoms with Crippen LogP contribution in [-0.4, -0.2) is 21.7 Å². The summed E-state index contributed by atoms with van der Waals surface area (Å²) in [5.74, 6) is 1.86. The second-order valence-corrected chi connectivity index (χ2v) is 17.5. The van der Waals surface area contributed by atoms with Gasteiger partial charge in [0.25, 0.3) is 6.71 Å². The molecule has 0 radical (unpaired) electrons. The highest BCUT2D eigenvalue weighted by Crippen LogP contribution is 2.49. The Kier molecular flexibility index (Phi) is 8.31. The third-order valence-corrected chi connectivity index (χ3v) is 13.8. The highest BCUT2D eigenvalue weighted by molar-refractivity contribution is 7.00. The Bertz CT molecular complexity index is 3690. The summed E-state index contributed by atoms with van der Waals surface area (Å²) in [5.41, 5.74) is 13.2. The van der Waals surface area contributed by atoms with Crippen LogP contribution < -0.4 is 26.2 Å². The molecule has 3 heterocycles. The van der Waals surface area contributed by atoms with Crippen LogP contribution in [0.4, 0.5) is 34.1 Å². The molecule has 0 fully saturated rings. The van der Waals surface area contributed by atoms with E-state index in [2.05, 4.69) is 204 Å². The van der Waals surface area contributed by atoms with Crippen LogP contribution in [0.15, 0.2) is 231 Å². The molecule has 310 valence electrons. The predicted molar refractivity (Wildman–Crippen MR) is 280 cm³/mol. The Morgan fingerprint density at radius 1 is 0.299 bits per heavy atom. The van der Waals surface area contributed by atoms with Gasteiger partial charge in [-0.25, -0.2) is 15.0 Å². The Labute approximate surface area is 388 Å². The van der Waals surface area contributed by atoms with Crippen LogP contribution in [0.25, 0.3) is 77.3 Å². The third-order valence-electron chi connectivity index (χ3n) is 13.8. The number of para-hydroxylation sites is 2. The van der Waals surface area contributed by atoms with Crippen molar-refractivity contribution in [3.05, 3.63) is 231 Å². The molecule has 0 N–H and O–H groups in total. The van der Waals surface area contributed by atoms with Gasteiger partial charge in [-0.2, -0.15) is 0 Å². The number of aromatic nitrogens is 3. The van der Waals surface area contributed by atoms with Crippen LogP contribution in [0, 0.1) is 0 Å². The molecule has 0 amide bonds. The maximum Gasteiger partial charge on any atom is 0.252 e. The van der Waals surface area contributed by atoms with Crippen LogP contribution in [0.1, 0.15) is 0 Å². The minimum atomic E-state index is -0.103. The molecule has 0 saturated carbocycles. The normalized spacial score (nSPS) is 12.7. The van der Waals surface area contributed by atoms with E-state index < -0.39 is 0 Å². The molecule has 0 atom stereocenters. The Morgan fingerprint density at radius 2 is 0.672 bits per heavy atom. The summed E-state index contributed by atoms with van der Waals surface area (Å²) < 4.78 is 0. The molecule has 0 aliphatic carbocycles. The van der Waals surface area contributed by atoms with Gasteiger partial charge >= 0.3 is 0 Å². The molecule has 0 bridgehead atoms. The van der Waals surface area contributed by atoms with E-state index in [0.717, 1.165) is 39.4 Å². The predicted octanol–water partition coefficient (Wildman–Crippen LogP) is 13.6. The molecule has 12 aromatic rings. The number of benzene rings is 11. The number of nitrogens with zero attached hydrogens (tertiary/aromatic N) is 5. The van der Waals surface area contributed by atoms with Gasteiger partial charge in [-0.3, -0.25) is 0 Å². The number of fused-ring (bicyclic) bond motifs is 12. The Hall–Kier alpha value is -8.87. The van der Waals surface area contributed by atoms with Crippen LogP contribution >= 0.6 is 0 Å². The molecule has 2 aliphatic rings. The SMILES string of the molecule is c1ccc(-c2nc(-c3ccccc3)nc(-c3cc4c5c(c3)N(c3ccccc3)c3c(ccc6c3ccc3ccccc36)B5c3ccc5c(ccc6ccccc65)c3N4c3ccccc3)n2)cc1. The van der Waals surface area contributed by atoms with Gasteiger partial charge < -0.3 is 9.80 Å². The number of hydrogen-bond acceptors (Lipinski definition) is 5. The molecular weight excluding hydrogens is 814 g/mol. The summed E-state index contributed by atoms with van der Waals surface area (Å²) >= 11 is 0. The number of rotatable bonds is 5. The zero-order chi connectivity index (χ0) is 44.0. The minimum absolute atomic E-state index is 0.103. The highest BCUT2D eigenvalue weighted by Gasteiger charge is 2.45. The summed E-state index contributed by atoms with van der Waals surface area (Å²) in [7, 11) is 0. The summed E-state index contributed by atoms with van der Waals surface area (Å²) in [5, 5.41) is 9.77. The van der Waals surface area contributed by atoms with Crippen molar-refractivity contribution in [2.75, 3.05) is 9.80 Å². The van der Waals surface area contributed by atoms with E-state index >= 15 is 0 Å². The molecule has 6 heteroatoms. The summed E-state index contributed by atoms with van der Waals surface area (Å²) in [6.07, 6.45) is 0. The first kappa shape index (κ1) is 37.5. The zero-order valence-corrected chi connectivity index (χ0v) is 36.3. The number of hydrogen-bond donors (Lipinski definition) is 0. The smallest absolute Gasteiger partial charge is 0.252 e. The second kappa shape index (κ2) is 14.8.